The molecule has 2 heterocycles. The van der Waals surface area contributed by atoms with Crippen LogP contribution in [0.1, 0.15) is 17.5 Å². The Labute approximate surface area is 185 Å². The molecule has 4 aromatic rings. The average molecular weight is 458 g/mol. The van der Waals surface area contributed by atoms with Gasteiger partial charge in [-0.3, -0.25) is 9.59 Å². The summed E-state index contributed by atoms with van der Waals surface area (Å²) < 4.78 is 54.3. The van der Waals surface area contributed by atoms with Crippen LogP contribution in [0.4, 0.5) is 17.6 Å². The minimum atomic E-state index is -4.45. The normalized spacial score (nSPS) is 11.6. The molecule has 1 N–H and O–H groups in total. The molecule has 0 spiro atoms. The number of aromatic nitrogens is 3. The topological polar surface area (TPSA) is 68.4 Å². The lowest BCUT2D eigenvalue weighted by molar-refractivity contribution is -0.137. The Hall–Kier alpha value is -3.95. The van der Waals surface area contributed by atoms with E-state index in [9.17, 15) is 27.2 Å². The number of alkyl halides is 3. The second-order valence-corrected chi connectivity index (χ2v) is 7.39. The van der Waals surface area contributed by atoms with Crippen molar-refractivity contribution in [3.63, 3.8) is 0 Å². The molecule has 2 aromatic heterocycles. The largest absolute Gasteiger partial charge is 0.416 e. The Morgan fingerprint density at radius 3 is 2.52 bits per heavy atom. The fourth-order valence-corrected chi connectivity index (χ4v) is 3.33. The van der Waals surface area contributed by atoms with Crippen LogP contribution < -0.4 is 10.9 Å². The maximum atomic E-state index is 13.1. The molecule has 0 saturated carbocycles. The first kappa shape index (κ1) is 22.3. The number of nitrogens with zero attached hydrogens (tertiary/aromatic N) is 3. The first-order valence-corrected chi connectivity index (χ1v) is 9.98. The van der Waals surface area contributed by atoms with Gasteiger partial charge in [0.2, 0.25) is 5.91 Å². The van der Waals surface area contributed by atoms with Gasteiger partial charge in [-0.1, -0.05) is 12.1 Å². The Bertz CT molecular complexity index is 1360. The van der Waals surface area contributed by atoms with E-state index < -0.39 is 17.6 Å². The fourth-order valence-electron chi connectivity index (χ4n) is 3.33. The Kier molecular flexibility index (Phi) is 5.99. The van der Waals surface area contributed by atoms with Crippen LogP contribution in [0.2, 0.25) is 0 Å². The fraction of sp³-hybridized carbons (Fsp3) is 0.174. The van der Waals surface area contributed by atoms with Gasteiger partial charge in [-0.2, -0.15) is 18.3 Å². The van der Waals surface area contributed by atoms with Crippen LogP contribution in [-0.4, -0.2) is 20.1 Å². The number of fused-ring (bicyclic) bond motifs is 1. The molecule has 170 valence electrons. The molecule has 0 radical (unpaired) electrons. The first-order valence-electron chi connectivity index (χ1n) is 9.98. The van der Waals surface area contributed by atoms with Gasteiger partial charge in [0, 0.05) is 37.5 Å². The van der Waals surface area contributed by atoms with E-state index >= 15 is 0 Å². The summed E-state index contributed by atoms with van der Waals surface area (Å²) in [6, 6.07) is 12.0. The summed E-state index contributed by atoms with van der Waals surface area (Å²) in [7, 11) is 0. The van der Waals surface area contributed by atoms with Crippen LogP contribution in [0.5, 0.6) is 0 Å². The lowest BCUT2D eigenvalue weighted by Gasteiger charge is -2.10. The van der Waals surface area contributed by atoms with Gasteiger partial charge in [-0.15, -0.1) is 0 Å². The van der Waals surface area contributed by atoms with Crippen LogP contribution >= 0.6 is 0 Å². The minimum Gasteiger partial charge on any atom is -0.352 e. The SMILES string of the molecule is O=C(CCn1ccn2nc(-c3ccc(F)cc3)cc2c1=O)NCc1cccc(C(F)(F)F)c1. The van der Waals surface area contributed by atoms with E-state index in [1.807, 2.05) is 0 Å². The molecule has 0 fully saturated rings. The molecular formula is C23H18F4N4O2. The van der Waals surface area contributed by atoms with Crippen molar-refractivity contribution in [3.05, 3.63) is 94.3 Å². The van der Waals surface area contributed by atoms with Crippen molar-refractivity contribution in [2.45, 2.75) is 25.7 Å². The van der Waals surface area contributed by atoms with E-state index in [1.165, 1.54) is 39.5 Å². The van der Waals surface area contributed by atoms with E-state index in [1.54, 1.807) is 24.4 Å². The van der Waals surface area contributed by atoms with Gasteiger partial charge < -0.3 is 9.88 Å². The highest BCUT2D eigenvalue weighted by molar-refractivity contribution is 5.75. The van der Waals surface area contributed by atoms with Crippen molar-refractivity contribution in [2.75, 3.05) is 0 Å². The monoisotopic (exact) mass is 458 g/mol. The maximum absolute atomic E-state index is 13.1. The van der Waals surface area contributed by atoms with E-state index in [-0.39, 0.29) is 30.9 Å². The number of carbonyl (C=O) groups is 1. The number of nitrogens with one attached hydrogen (secondary N) is 1. The molecule has 4 rings (SSSR count). The lowest BCUT2D eigenvalue weighted by Crippen LogP contribution is -2.27. The Morgan fingerprint density at radius 1 is 1.03 bits per heavy atom. The number of rotatable bonds is 6. The zero-order chi connectivity index (χ0) is 23.6. The van der Waals surface area contributed by atoms with Gasteiger partial charge >= 0.3 is 6.18 Å². The third kappa shape index (κ3) is 5.11. The molecule has 0 bridgehead atoms. The van der Waals surface area contributed by atoms with Crippen LogP contribution in [0.3, 0.4) is 0 Å². The molecular weight excluding hydrogens is 440 g/mol. The smallest absolute Gasteiger partial charge is 0.352 e. The Morgan fingerprint density at radius 2 is 1.79 bits per heavy atom. The van der Waals surface area contributed by atoms with Crippen LogP contribution in [0.15, 0.2) is 71.8 Å². The molecule has 0 aliphatic carbocycles. The summed E-state index contributed by atoms with van der Waals surface area (Å²) in [5.41, 5.74) is 0.633. The summed E-state index contributed by atoms with van der Waals surface area (Å²) in [6.07, 6.45) is -1.42. The number of aryl methyl sites for hydroxylation is 1. The highest BCUT2D eigenvalue weighted by atomic mass is 19.4. The average Bonchev–Trinajstić information content (AvgIpc) is 3.22. The predicted molar refractivity (Wildman–Crippen MR) is 113 cm³/mol. The standard InChI is InChI=1S/C23H18F4N4O2/c24-18-6-4-16(5-7-18)19-13-20-22(33)30(10-11-31(20)29-19)9-8-21(32)28-14-15-2-1-3-17(12-15)23(25,26)27/h1-7,10-13H,8-9,14H2,(H,28,32). The second-order valence-electron chi connectivity index (χ2n) is 7.39. The number of amides is 1. The number of carbonyl (C=O) groups excluding carboxylic acids is 1. The molecule has 10 heteroatoms. The van der Waals surface area contributed by atoms with Gasteiger partial charge in [0.25, 0.3) is 5.56 Å². The summed E-state index contributed by atoms with van der Waals surface area (Å²) in [5, 5.41) is 6.88. The molecule has 33 heavy (non-hydrogen) atoms. The zero-order valence-electron chi connectivity index (χ0n) is 17.1. The predicted octanol–water partition coefficient (Wildman–Crippen LogP) is 4.03. The molecule has 6 nitrogen and oxygen atoms in total. The van der Waals surface area contributed by atoms with Crippen molar-refractivity contribution in [3.8, 4) is 11.3 Å². The first-order chi connectivity index (χ1) is 15.7. The van der Waals surface area contributed by atoms with Gasteiger partial charge in [-0.05, 0) is 48.0 Å². The maximum Gasteiger partial charge on any atom is 0.416 e. The molecule has 0 aliphatic heterocycles. The molecule has 2 aromatic carbocycles. The molecule has 0 atom stereocenters. The van der Waals surface area contributed by atoms with E-state index in [4.69, 9.17) is 0 Å². The summed E-state index contributed by atoms with van der Waals surface area (Å²) in [4.78, 5) is 24.9. The molecule has 0 saturated heterocycles. The van der Waals surface area contributed by atoms with Crippen molar-refractivity contribution in [1.82, 2.24) is 19.5 Å². The van der Waals surface area contributed by atoms with Gasteiger partial charge in [-0.25, -0.2) is 8.91 Å². The summed E-state index contributed by atoms with van der Waals surface area (Å²) >= 11 is 0. The van der Waals surface area contributed by atoms with Crippen molar-refractivity contribution >= 4 is 11.4 Å². The van der Waals surface area contributed by atoms with E-state index in [0.717, 1.165) is 12.1 Å². The number of halogens is 4. The number of benzene rings is 2. The van der Waals surface area contributed by atoms with Gasteiger partial charge in [0.05, 0.1) is 11.3 Å². The van der Waals surface area contributed by atoms with E-state index in [0.29, 0.717) is 22.3 Å². The Balaban J connectivity index is 1.41. The number of hydrogen-bond acceptors (Lipinski definition) is 3. The zero-order valence-corrected chi connectivity index (χ0v) is 17.1. The second kappa shape index (κ2) is 8.89. The highest BCUT2D eigenvalue weighted by Crippen LogP contribution is 2.29. The van der Waals surface area contributed by atoms with Crippen LogP contribution in [0.25, 0.3) is 16.8 Å². The van der Waals surface area contributed by atoms with Crippen LogP contribution in [-0.2, 0) is 24.1 Å². The summed E-state index contributed by atoms with van der Waals surface area (Å²) in [6.45, 7) is 0.0289. The molecule has 1 amide bonds. The minimum absolute atomic E-state index is 0.0337. The van der Waals surface area contributed by atoms with Gasteiger partial charge in [0.15, 0.2) is 0 Å². The lowest BCUT2D eigenvalue weighted by atomic mass is 10.1. The highest BCUT2D eigenvalue weighted by Gasteiger charge is 2.30. The third-order valence-electron chi connectivity index (χ3n) is 5.07. The molecule has 0 unspecified atom stereocenters. The van der Waals surface area contributed by atoms with Gasteiger partial charge in [0.1, 0.15) is 11.3 Å². The van der Waals surface area contributed by atoms with Crippen LogP contribution in [0, 0.1) is 5.82 Å². The van der Waals surface area contributed by atoms with E-state index in [2.05, 4.69) is 10.4 Å². The summed E-state index contributed by atoms with van der Waals surface area (Å²) in [5.74, 6) is -0.782. The number of hydrogen-bond donors (Lipinski definition) is 1. The van der Waals surface area contributed by atoms with Crippen molar-refractivity contribution in [2.24, 2.45) is 0 Å². The quantitative estimate of drug-likeness (QED) is 0.444. The molecule has 0 aliphatic rings. The van der Waals surface area contributed by atoms with Crippen molar-refractivity contribution in [1.29, 1.82) is 0 Å². The third-order valence-corrected chi connectivity index (χ3v) is 5.07. The van der Waals surface area contributed by atoms with Crippen molar-refractivity contribution < 1.29 is 22.4 Å².